The normalized spacial score (nSPS) is 11.5. The molecule has 0 spiro atoms. The van der Waals surface area contributed by atoms with E-state index in [4.69, 9.17) is 4.18 Å². The highest BCUT2D eigenvalue weighted by Crippen LogP contribution is 2.14. The third-order valence-corrected chi connectivity index (χ3v) is 3.91. The Bertz CT molecular complexity index is 766. The number of rotatable bonds is 5. The van der Waals surface area contributed by atoms with Gasteiger partial charge in [0.2, 0.25) is 5.82 Å². The van der Waals surface area contributed by atoms with Crippen LogP contribution in [0.4, 0.5) is 5.95 Å². The Morgan fingerprint density at radius 2 is 1.90 bits per heavy atom. The van der Waals surface area contributed by atoms with Gasteiger partial charge in [-0.25, -0.2) is 4.18 Å². The van der Waals surface area contributed by atoms with Crippen molar-refractivity contribution in [3.05, 3.63) is 45.8 Å². The minimum Gasteiger partial charge on any atom is -0.390 e. The second kappa shape index (κ2) is 5.58. The van der Waals surface area contributed by atoms with E-state index in [1.807, 2.05) is 6.92 Å². The molecule has 0 aliphatic carbocycles. The molecule has 0 fully saturated rings. The molecule has 0 unspecified atom stereocenters. The zero-order valence-electron chi connectivity index (χ0n) is 11.3. The number of benzene rings is 1. The molecule has 112 valence electrons. The number of hydrogen-bond donors (Lipinski definition) is 0. The lowest BCUT2D eigenvalue weighted by Gasteiger charge is -2.04. The van der Waals surface area contributed by atoms with Gasteiger partial charge in [-0.2, -0.15) is 8.42 Å². The van der Waals surface area contributed by atoms with E-state index >= 15 is 0 Å². The fourth-order valence-corrected chi connectivity index (χ4v) is 2.34. The maximum atomic E-state index is 12.0. The van der Waals surface area contributed by atoms with Crippen molar-refractivity contribution in [2.75, 3.05) is 0 Å². The van der Waals surface area contributed by atoms with Gasteiger partial charge in [0.15, 0.2) is 6.73 Å². The van der Waals surface area contributed by atoms with Gasteiger partial charge in [0.1, 0.15) is 0 Å². The van der Waals surface area contributed by atoms with Crippen molar-refractivity contribution < 1.29 is 17.5 Å². The Labute approximate surface area is 120 Å². The molecule has 21 heavy (non-hydrogen) atoms. The van der Waals surface area contributed by atoms with Crippen molar-refractivity contribution in [3.8, 4) is 0 Å². The van der Waals surface area contributed by atoms with Gasteiger partial charge >= 0.3 is 5.95 Å². The summed E-state index contributed by atoms with van der Waals surface area (Å²) in [6.45, 7) is 2.81. The molecule has 0 atom stereocenters. The molecule has 1 aromatic heterocycles. The maximum Gasteiger partial charge on any atom is 0.491 e. The van der Waals surface area contributed by atoms with E-state index in [0.717, 1.165) is 10.2 Å². The van der Waals surface area contributed by atoms with Crippen LogP contribution in [0.25, 0.3) is 0 Å². The number of nitro groups is 1. The molecule has 0 aliphatic heterocycles. The predicted octanol–water partition coefficient (Wildman–Crippen LogP) is 1.17. The summed E-state index contributed by atoms with van der Waals surface area (Å²) in [6.07, 6.45) is 0. The molecule has 0 aliphatic rings. The maximum absolute atomic E-state index is 12.0. The summed E-state index contributed by atoms with van der Waals surface area (Å²) in [5.41, 5.74) is 0.914. The van der Waals surface area contributed by atoms with Crippen LogP contribution >= 0.6 is 0 Å². The minimum absolute atomic E-state index is 0.000341. The molecule has 2 aromatic rings. The van der Waals surface area contributed by atoms with Gasteiger partial charge in [-0.3, -0.25) is 0 Å². The lowest BCUT2D eigenvalue weighted by Crippen LogP contribution is -2.12. The Morgan fingerprint density at radius 3 is 2.43 bits per heavy atom. The van der Waals surface area contributed by atoms with E-state index in [1.165, 1.54) is 19.1 Å². The van der Waals surface area contributed by atoms with Crippen LogP contribution in [0, 0.1) is 24.0 Å². The van der Waals surface area contributed by atoms with Gasteiger partial charge in [-0.1, -0.05) is 17.7 Å². The van der Waals surface area contributed by atoms with E-state index in [-0.39, 0.29) is 10.7 Å². The van der Waals surface area contributed by atoms with Gasteiger partial charge in [-0.15, -0.1) is 4.68 Å². The van der Waals surface area contributed by atoms with Crippen LogP contribution in [-0.2, 0) is 21.0 Å². The third kappa shape index (κ3) is 3.41. The monoisotopic (exact) mass is 312 g/mol. The van der Waals surface area contributed by atoms with Gasteiger partial charge in [0.25, 0.3) is 10.1 Å². The predicted molar refractivity (Wildman–Crippen MR) is 70.9 cm³/mol. The zero-order chi connectivity index (χ0) is 15.6. The molecule has 0 radical (unpaired) electrons. The lowest BCUT2D eigenvalue weighted by molar-refractivity contribution is -0.394. The minimum atomic E-state index is -3.96. The second-order valence-electron chi connectivity index (χ2n) is 4.23. The molecule has 0 amide bonds. The summed E-state index contributed by atoms with van der Waals surface area (Å²) in [4.78, 5) is 13.3. The fraction of sp³-hybridized carbons (Fsp3) is 0.273. The van der Waals surface area contributed by atoms with Gasteiger partial charge in [0.05, 0.1) is 4.90 Å². The SMILES string of the molecule is Cc1ccc(S(=O)(=O)OCn2nc([N+](=O)[O-])nc2C)cc1. The summed E-state index contributed by atoms with van der Waals surface area (Å²) >= 11 is 0. The molecular weight excluding hydrogens is 300 g/mol. The smallest absolute Gasteiger partial charge is 0.390 e. The highest BCUT2D eigenvalue weighted by molar-refractivity contribution is 7.86. The number of aromatic nitrogens is 3. The van der Waals surface area contributed by atoms with Crippen molar-refractivity contribution in [2.24, 2.45) is 0 Å². The van der Waals surface area contributed by atoms with Crippen LogP contribution in [0.3, 0.4) is 0 Å². The summed E-state index contributed by atoms with van der Waals surface area (Å²) in [5.74, 6) is -0.426. The molecule has 2 rings (SSSR count). The summed E-state index contributed by atoms with van der Waals surface area (Å²) in [5, 5.41) is 14.1. The molecular formula is C11H12N4O5S. The van der Waals surface area contributed by atoms with E-state index in [1.54, 1.807) is 12.1 Å². The summed E-state index contributed by atoms with van der Waals surface area (Å²) in [7, 11) is -3.96. The van der Waals surface area contributed by atoms with Crippen molar-refractivity contribution in [3.63, 3.8) is 0 Å². The molecule has 0 saturated heterocycles. The molecule has 1 heterocycles. The Morgan fingerprint density at radius 1 is 1.29 bits per heavy atom. The Kier molecular flexibility index (Phi) is 4.00. The van der Waals surface area contributed by atoms with Gasteiger partial charge in [0, 0.05) is 12.0 Å². The van der Waals surface area contributed by atoms with E-state index < -0.39 is 27.7 Å². The van der Waals surface area contributed by atoms with Gasteiger partial charge in [-0.05, 0) is 29.0 Å². The first-order valence-corrected chi connectivity index (χ1v) is 7.22. The van der Waals surface area contributed by atoms with E-state index in [2.05, 4.69) is 10.1 Å². The highest BCUT2D eigenvalue weighted by atomic mass is 32.2. The number of hydrogen-bond acceptors (Lipinski definition) is 7. The molecule has 9 nitrogen and oxygen atoms in total. The van der Waals surface area contributed by atoms with Crippen LogP contribution < -0.4 is 0 Å². The topological polar surface area (TPSA) is 117 Å². The Balaban J connectivity index is 2.15. The van der Waals surface area contributed by atoms with Crippen molar-refractivity contribution in [1.29, 1.82) is 0 Å². The van der Waals surface area contributed by atoms with Crippen LogP contribution in [0.1, 0.15) is 11.4 Å². The largest absolute Gasteiger partial charge is 0.491 e. The second-order valence-corrected chi connectivity index (χ2v) is 5.85. The van der Waals surface area contributed by atoms with E-state index in [0.29, 0.717) is 0 Å². The molecule has 0 N–H and O–H groups in total. The van der Waals surface area contributed by atoms with Crippen LogP contribution in [-0.4, -0.2) is 28.1 Å². The van der Waals surface area contributed by atoms with Crippen molar-refractivity contribution in [1.82, 2.24) is 14.8 Å². The number of aryl methyl sites for hydroxylation is 2. The average Bonchev–Trinajstić information content (AvgIpc) is 2.79. The van der Waals surface area contributed by atoms with Crippen molar-refractivity contribution in [2.45, 2.75) is 25.5 Å². The molecule has 10 heteroatoms. The van der Waals surface area contributed by atoms with Crippen LogP contribution in [0.2, 0.25) is 0 Å². The fourth-order valence-electron chi connectivity index (χ4n) is 1.50. The molecule has 1 aromatic carbocycles. The standard InChI is InChI=1S/C11H12N4O5S/c1-8-3-5-10(6-4-8)21(18,19)20-7-14-9(2)12-11(13-14)15(16)17/h3-6H,7H2,1-2H3. The average molecular weight is 312 g/mol. The third-order valence-electron chi connectivity index (χ3n) is 2.65. The summed E-state index contributed by atoms with van der Waals surface area (Å²) in [6, 6.07) is 6.12. The molecule has 0 bridgehead atoms. The lowest BCUT2D eigenvalue weighted by atomic mass is 10.2. The van der Waals surface area contributed by atoms with Crippen LogP contribution in [0.15, 0.2) is 29.2 Å². The molecule has 0 saturated carbocycles. The first kappa shape index (κ1) is 15.1. The first-order chi connectivity index (χ1) is 9.79. The zero-order valence-corrected chi connectivity index (χ0v) is 12.1. The Hall–Kier alpha value is -2.33. The van der Waals surface area contributed by atoms with E-state index in [9.17, 15) is 18.5 Å². The van der Waals surface area contributed by atoms with Gasteiger partial charge < -0.3 is 10.1 Å². The first-order valence-electron chi connectivity index (χ1n) is 5.81. The quantitative estimate of drug-likeness (QED) is 0.462. The highest BCUT2D eigenvalue weighted by Gasteiger charge is 2.21. The van der Waals surface area contributed by atoms with Crippen molar-refractivity contribution >= 4 is 16.1 Å². The number of nitrogens with zero attached hydrogens (tertiary/aromatic N) is 4. The van der Waals surface area contributed by atoms with Crippen LogP contribution in [0.5, 0.6) is 0 Å². The summed E-state index contributed by atoms with van der Waals surface area (Å²) < 4.78 is 29.7.